The number of aromatic nitrogens is 2. The summed E-state index contributed by atoms with van der Waals surface area (Å²) in [5.74, 6) is -0.393. The summed E-state index contributed by atoms with van der Waals surface area (Å²) in [4.78, 5) is 43.6. The molecule has 0 aliphatic heterocycles. The molecule has 0 fully saturated rings. The van der Waals surface area contributed by atoms with Crippen LogP contribution in [0, 0.1) is 13.8 Å². The topological polar surface area (TPSA) is 93.1 Å². The number of thioether (sulfide) groups is 1. The Bertz CT molecular complexity index is 933. The van der Waals surface area contributed by atoms with E-state index >= 15 is 0 Å². The van der Waals surface area contributed by atoms with Crippen molar-refractivity contribution in [2.75, 3.05) is 12.3 Å². The van der Waals surface area contributed by atoms with Gasteiger partial charge in [-0.1, -0.05) is 18.7 Å². The molecule has 0 aromatic carbocycles. The van der Waals surface area contributed by atoms with Crippen LogP contribution in [0.1, 0.15) is 50.6 Å². The maximum absolute atomic E-state index is 13.0. The van der Waals surface area contributed by atoms with Crippen molar-refractivity contribution in [3.05, 3.63) is 20.8 Å². The van der Waals surface area contributed by atoms with Gasteiger partial charge >= 0.3 is 0 Å². The van der Waals surface area contributed by atoms with Crippen LogP contribution in [0.2, 0.25) is 0 Å². The number of aryl methyl sites for hydroxylation is 2. The van der Waals surface area contributed by atoms with Crippen LogP contribution >= 0.6 is 23.1 Å². The zero-order chi connectivity index (χ0) is 21.0. The van der Waals surface area contributed by atoms with Gasteiger partial charge in [0, 0.05) is 17.5 Å². The molecule has 2 aromatic rings. The third kappa shape index (κ3) is 4.94. The molecule has 2 rings (SSSR count). The second-order valence-corrected chi connectivity index (χ2v) is 9.14. The summed E-state index contributed by atoms with van der Waals surface area (Å²) in [7, 11) is 0. The first-order valence-electron chi connectivity index (χ1n) is 9.39. The first kappa shape index (κ1) is 22.4. The molecule has 2 heterocycles. The number of carbonyl (C=O) groups is 2. The van der Waals surface area contributed by atoms with Crippen LogP contribution in [-0.4, -0.2) is 39.7 Å². The molecule has 0 saturated carbocycles. The monoisotopic (exact) mass is 424 g/mol. The summed E-state index contributed by atoms with van der Waals surface area (Å²) in [6, 6.07) is -0.682. The van der Waals surface area contributed by atoms with E-state index in [9.17, 15) is 14.4 Å². The van der Waals surface area contributed by atoms with E-state index in [4.69, 9.17) is 0 Å². The van der Waals surface area contributed by atoms with Crippen LogP contribution in [0.5, 0.6) is 0 Å². The van der Waals surface area contributed by atoms with Crippen LogP contribution in [0.25, 0.3) is 10.2 Å². The van der Waals surface area contributed by atoms with Gasteiger partial charge in [0.25, 0.3) is 5.56 Å². The fourth-order valence-electron chi connectivity index (χ4n) is 2.72. The van der Waals surface area contributed by atoms with E-state index in [1.165, 1.54) is 23.1 Å². The zero-order valence-electron chi connectivity index (χ0n) is 17.2. The molecule has 7 nitrogen and oxygen atoms in total. The third-order valence-electron chi connectivity index (χ3n) is 4.37. The quantitative estimate of drug-likeness (QED) is 0.502. The van der Waals surface area contributed by atoms with Gasteiger partial charge in [0.15, 0.2) is 5.16 Å². The van der Waals surface area contributed by atoms with Crippen molar-refractivity contribution in [1.29, 1.82) is 0 Å². The fraction of sp³-hybridized carbons (Fsp3) is 0.579. The minimum absolute atomic E-state index is 0.0722. The number of fused-ring (bicyclic) bond motifs is 1. The first-order valence-corrected chi connectivity index (χ1v) is 11.2. The van der Waals surface area contributed by atoms with Crippen LogP contribution in [0.3, 0.4) is 0 Å². The Hall–Kier alpha value is -1.87. The SMILES string of the molecule is CCCNC(=O)[C@H](C)NC(=O)CSc1nc2sc(C)c(C)c2c(=O)n1C(C)C. The number of nitrogens with one attached hydrogen (secondary N) is 2. The van der Waals surface area contributed by atoms with E-state index in [1.54, 1.807) is 11.5 Å². The molecule has 2 aromatic heterocycles. The molecule has 0 aliphatic rings. The minimum Gasteiger partial charge on any atom is -0.354 e. The van der Waals surface area contributed by atoms with Crippen molar-refractivity contribution in [2.24, 2.45) is 0 Å². The molecule has 9 heteroatoms. The van der Waals surface area contributed by atoms with Crippen molar-refractivity contribution in [2.45, 2.75) is 65.2 Å². The van der Waals surface area contributed by atoms with E-state index in [1.807, 2.05) is 34.6 Å². The predicted octanol–water partition coefficient (Wildman–Crippen LogP) is 2.78. The predicted molar refractivity (Wildman–Crippen MR) is 115 cm³/mol. The maximum Gasteiger partial charge on any atom is 0.263 e. The molecular formula is C19H28N4O3S2. The van der Waals surface area contributed by atoms with E-state index < -0.39 is 6.04 Å². The Morgan fingerprint density at radius 3 is 2.54 bits per heavy atom. The van der Waals surface area contributed by atoms with Crippen molar-refractivity contribution in [1.82, 2.24) is 20.2 Å². The number of hydrogen-bond acceptors (Lipinski definition) is 6. The van der Waals surface area contributed by atoms with Gasteiger partial charge in [-0.05, 0) is 46.6 Å². The Morgan fingerprint density at radius 2 is 1.93 bits per heavy atom. The summed E-state index contributed by atoms with van der Waals surface area (Å²) in [6.45, 7) is 12.0. The number of amides is 2. The van der Waals surface area contributed by atoms with Gasteiger partial charge in [-0.2, -0.15) is 0 Å². The highest BCUT2D eigenvalue weighted by Crippen LogP contribution is 2.29. The van der Waals surface area contributed by atoms with Gasteiger partial charge < -0.3 is 10.6 Å². The largest absolute Gasteiger partial charge is 0.354 e. The van der Waals surface area contributed by atoms with Gasteiger partial charge in [-0.15, -0.1) is 11.3 Å². The van der Waals surface area contributed by atoms with E-state index in [0.29, 0.717) is 21.9 Å². The maximum atomic E-state index is 13.0. The van der Waals surface area contributed by atoms with Gasteiger partial charge in [0.2, 0.25) is 11.8 Å². The van der Waals surface area contributed by atoms with Crippen molar-refractivity contribution < 1.29 is 9.59 Å². The Balaban J connectivity index is 2.17. The van der Waals surface area contributed by atoms with Crippen molar-refractivity contribution in [3.63, 3.8) is 0 Å². The average Bonchev–Trinajstić information content (AvgIpc) is 2.91. The Labute approximate surface area is 173 Å². The van der Waals surface area contributed by atoms with Crippen LogP contribution in [0.4, 0.5) is 0 Å². The molecule has 2 amide bonds. The third-order valence-corrected chi connectivity index (χ3v) is 6.43. The summed E-state index contributed by atoms with van der Waals surface area (Å²) >= 11 is 2.71. The lowest BCUT2D eigenvalue weighted by Crippen LogP contribution is -2.45. The molecule has 154 valence electrons. The summed E-state index contributed by atoms with van der Waals surface area (Å²) in [5, 5.41) is 6.62. The van der Waals surface area contributed by atoms with Crippen LogP contribution < -0.4 is 16.2 Å². The number of rotatable bonds is 8. The highest BCUT2D eigenvalue weighted by Gasteiger charge is 2.20. The number of hydrogen-bond donors (Lipinski definition) is 2. The van der Waals surface area contributed by atoms with Gasteiger partial charge in [-0.3, -0.25) is 19.0 Å². The highest BCUT2D eigenvalue weighted by molar-refractivity contribution is 7.99. The van der Waals surface area contributed by atoms with E-state index in [-0.39, 0.29) is 29.2 Å². The Morgan fingerprint density at radius 1 is 1.25 bits per heavy atom. The molecule has 28 heavy (non-hydrogen) atoms. The number of thiophene rings is 1. The second-order valence-electron chi connectivity index (χ2n) is 7.00. The van der Waals surface area contributed by atoms with Crippen LogP contribution in [-0.2, 0) is 9.59 Å². The van der Waals surface area contributed by atoms with Gasteiger partial charge in [0.1, 0.15) is 10.9 Å². The van der Waals surface area contributed by atoms with E-state index in [0.717, 1.165) is 16.9 Å². The van der Waals surface area contributed by atoms with Gasteiger partial charge in [0.05, 0.1) is 11.1 Å². The molecule has 0 bridgehead atoms. The summed E-state index contributed by atoms with van der Waals surface area (Å²) in [6.07, 6.45) is 0.838. The zero-order valence-corrected chi connectivity index (χ0v) is 18.8. The minimum atomic E-state index is -0.607. The lowest BCUT2D eigenvalue weighted by atomic mass is 10.2. The second kappa shape index (κ2) is 9.56. The summed E-state index contributed by atoms with van der Waals surface area (Å²) < 4.78 is 1.64. The average molecular weight is 425 g/mol. The highest BCUT2D eigenvalue weighted by atomic mass is 32.2. The molecule has 0 aliphatic carbocycles. The van der Waals surface area contributed by atoms with Crippen molar-refractivity contribution >= 4 is 45.1 Å². The Kier molecular flexibility index (Phi) is 7.65. The fourth-order valence-corrected chi connectivity index (χ4v) is 4.73. The van der Waals surface area contributed by atoms with E-state index in [2.05, 4.69) is 15.6 Å². The standard InChI is InChI=1S/C19H28N4O3S2/c1-7-8-20-16(25)12(5)21-14(24)9-27-19-22-17-15(11(4)13(6)28-17)18(26)23(19)10(2)3/h10,12H,7-9H2,1-6H3,(H,20,25)(H,21,24)/t12-/m0/s1. The lowest BCUT2D eigenvalue weighted by molar-refractivity contribution is -0.127. The molecule has 1 atom stereocenters. The molecule has 0 unspecified atom stereocenters. The molecule has 0 spiro atoms. The summed E-state index contributed by atoms with van der Waals surface area (Å²) in [5.41, 5.74) is 0.894. The first-order chi connectivity index (χ1) is 13.2. The number of nitrogens with zero attached hydrogens (tertiary/aromatic N) is 2. The molecule has 0 radical (unpaired) electrons. The van der Waals surface area contributed by atoms with Gasteiger partial charge in [-0.25, -0.2) is 4.98 Å². The normalized spacial score (nSPS) is 12.4. The smallest absolute Gasteiger partial charge is 0.263 e. The lowest BCUT2D eigenvalue weighted by Gasteiger charge is -2.16. The van der Waals surface area contributed by atoms with Crippen molar-refractivity contribution in [3.8, 4) is 0 Å². The molecular weight excluding hydrogens is 396 g/mol. The number of carbonyl (C=O) groups excluding carboxylic acids is 2. The molecule has 2 N–H and O–H groups in total. The van der Waals surface area contributed by atoms with Crippen LogP contribution in [0.15, 0.2) is 9.95 Å². The molecule has 0 saturated heterocycles.